The summed E-state index contributed by atoms with van der Waals surface area (Å²) in [4.78, 5) is 11.2. The summed E-state index contributed by atoms with van der Waals surface area (Å²) < 4.78 is 30.8. The summed E-state index contributed by atoms with van der Waals surface area (Å²) in [6.07, 6.45) is -0.558. The van der Waals surface area contributed by atoms with Crippen LogP contribution in [-0.4, -0.2) is 34.2 Å². The number of amides is 1. The molecule has 6 nitrogen and oxygen atoms in total. The molecule has 1 aromatic carbocycles. The smallest absolute Gasteiger partial charge is 0.407 e. The Morgan fingerprint density at radius 3 is 2.42 bits per heavy atom. The van der Waals surface area contributed by atoms with Gasteiger partial charge in [-0.1, -0.05) is 17.7 Å². The molecule has 0 aliphatic carbocycles. The van der Waals surface area contributed by atoms with Gasteiger partial charge in [0, 0.05) is 13.1 Å². The minimum atomic E-state index is -3.53. The molecule has 0 saturated carbocycles. The zero-order valence-corrected chi connectivity index (χ0v) is 11.8. The van der Waals surface area contributed by atoms with E-state index in [1.165, 1.54) is 12.1 Å². The number of sulfonamides is 1. The highest BCUT2D eigenvalue weighted by Crippen LogP contribution is 2.09. The number of nitrogens with one attached hydrogen (secondary N) is 2. The van der Waals surface area contributed by atoms with E-state index in [9.17, 15) is 13.2 Å². The largest absolute Gasteiger partial charge is 0.450 e. The number of hydrogen-bond acceptors (Lipinski definition) is 4. The number of alkyl carbamates (subject to hydrolysis) is 1. The average molecular weight is 286 g/mol. The SMILES string of the molecule is CCOC(=O)NCCNS(=O)(=O)c1ccc(C)cc1. The zero-order chi connectivity index (χ0) is 14.3. The number of aryl methyl sites for hydroxylation is 1. The Hall–Kier alpha value is -1.60. The Bertz CT molecular complexity index is 511. The van der Waals surface area contributed by atoms with Crippen molar-refractivity contribution in [2.75, 3.05) is 19.7 Å². The minimum absolute atomic E-state index is 0.106. The second-order valence-corrected chi connectivity index (χ2v) is 5.63. The third-order valence-electron chi connectivity index (χ3n) is 2.29. The monoisotopic (exact) mass is 286 g/mol. The first-order valence-electron chi connectivity index (χ1n) is 5.92. The highest BCUT2D eigenvalue weighted by Gasteiger charge is 2.12. The summed E-state index contributed by atoms with van der Waals surface area (Å²) in [5.74, 6) is 0. The van der Waals surface area contributed by atoms with E-state index in [2.05, 4.69) is 14.8 Å². The van der Waals surface area contributed by atoms with E-state index < -0.39 is 16.1 Å². The molecule has 0 saturated heterocycles. The minimum Gasteiger partial charge on any atom is -0.450 e. The van der Waals surface area contributed by atoms with Gasteiger partial charge in [-0.15, -0.1) is 0 Å². The van der Waals surface area contributed by atoms with Gasteiger partial charge in [0.15, 0.2) is 0 Å². The standard InChI is InChI=1S/C12H18N2O4S/c1-3-18-12(15)13-8-9-14-19(16,17)11-6-4-10(2)5-7-11/h4-7,14H,3,8-9H2,1-2H3,(H,13,15). The lowest BCUT2D eigenvalue weighted by Gasteiger charge is -2.08. The van der Waals surface area contributed by atoms with Crippen molar-refractivity contribution in [3.8, 4) is 0 Å². The fraction of sp³-hybridized carbons (Fsp3) is 0.417. The first kappa shape index (κ1) is 15.5. The summed E-state index contributed by atoms with van der Waals surface area (Å²) >= 11 is 0. The molecular weight excluding hydrogens is 268 g/mol. The van der Waals surface area contributed by atoms with Gasteiger partial charge in [-0.3, -0.25) is 0 Å². The second-order valence-electron chi connectivity index (χ2n) is 3.86. The van der Waals surface area contributed by atoms with Gasteiger partial charge in [0.1, 0.15) is 0 Å². The maximum Gasteiger partial charge on any atom is 0.407 e. The molecule has 0 bridgehead atoms. The lowest BCUT2D eigenvalue weighted by molar-refractivity contribution is 0.152. The molecule has 19 heavy (non-hydrogen) atoms. The van der Waals surface area contributed by atoms with Gasteiger partial charge in [0.25, 0.3) is 0 Å². The van der Waals surface area contributed by atoms with Crippen molar-refractivity contribution < 1.29 is 17.9 Å². The Morgan fingerprint density at radius 2 is 1.84 bits per heavy atom. The molecule has 0 radical (unpaired) electrons. The Kier molecular flexibility index (Phi) is 5.78. The quantitative estimate of drug-likeness (QED) is 0.765. The van der Waals surface area contributed by atoms with Gasteiger partial charge in [-0.05, 0) is 26.0 Å². The van der Waals surface area contributed by atoms with Gasteiger partial charge < -0.3 is 10.1 Å². The van der Waals surface area contributed by atoms with E-state index in [0.29, 0.717) is 0 Å². The number of hydrogen-bond donors (Lipinski definition) is 2. The highest BCUT2D eigenvalue weighted by molar-refractivity contribution is 7.89. The van der Waals surface area contributed by atoms with Crippen LogP contribution in [-0.2, 0) is 14.8 Å². The molecule has 7 heteroatoms. The molecule has 0 fully saturated rings. The van der Waals surface area contributed by atoms with Crippen molar-refractivity contribution >= 4 is 16.1 Å². The molecule has 1 aromatic rings. The van der Waals surface area contributed by atoms with Crippen molar-refractivity contribution in [1.29, 1.82) is 0 Å². The van der Waals surface area contributed by atoms with Crippen molar-refractivity contribution in [3.63, 3.8) is 0 Å². The third kappa shape index (κ3) is 5.27. The molecule has 0 aromatic heterocycles. The number of benzene rings is 1. The van der Waals surface area contributed by atoms with Gasteiger partial charge in [-0.25, -0.2) is 17.9 Å². The van der Waals surface area contributed by atoms with E-state index >= 15 is 0 Å². The average Bonchev–Trinajstić information content (AvgIpc) is 2.36. The van der Waals surface area contributed by atoms with Crippen molar-refractivity contribution in [2.45, 2.75) is 18.7 Å². The predicted molar refractivity (Wildman–Crippen MR) is 71.4 cm³/mol. The Labute approximate surface area is 113 Å². The van der Waals surface area contributed by atoms with Crippen molar-refractivity contribution in [1.82, 2.24) is 10.0 Å². The molecular formula is C12H18N2O4S. The topological polar surface area (TPSA) is 84.5 Å². The summed E-state index contributed by atoms with van der Waals surface area (Å²) in [7, 11) is -3.53. The van der Waals surface area contributed by atoms with Crippen LogP contribution >= 0.6 is 0 Å². The molecule has 0 heterocycles. The lowest BCUT2D eigenvalue weighted by Crippen LogP contribution is -2.34. The van der Waals surface area contributed by atoms with Crippen LogP contribution in [0, 0.1) is 6.92 Å². The molecule has 0 aliphatic rings. The van der Waals surface area contributed by atoms with Crippen LogP contribution < -0.4 is 10.0 Å². The van der Waals surface area contributed by atoms with Gasteiger partial charge >= 0.3 is 6.09 Å². The fourth-order valence-corrected chi connectivity index (χ4v) is 2.36. The Balaban J connectivity index is 2.43. The molecule has 0 atom stereocenters. The van der Waals surface area contributed by atoms with Gasteiger partial charge in [0.05, 0.1) is 11.5 Å². The van der Waals surface area contributed by atoms with Gasteiger partial charge in [-0.2, -0.15) is 0 Å². The number of ether oxygens (including phenoxy) is 1. The van der Waals surface area contributed by atoms with Crippen LogP contribution in [0.2, 0.25) is 0 Å². The van der Waals surface area contributed by atoms with Crippen LogP contribution in [0.3, 0.4) is 0 Å². The van der Waals surface area contributed by atoms with E-state index in [-0.39, 0.29) is 24.6 Å². The normalized spacial score (nSPS) is 11.1. The van der Waals surface area contributed by atoms with E-state index in [0.717, 1.165) is 5.56 Å². The molecule has 106 valence electrons. The molecule has 1 amide bonds. The van der Waals surface area contributed by atoms with Crippen LogP contribution in [0.25, 0.3) is 0 Å². The van der Waals surface area contributed by atoms with Crippen molar-refractivity contribution in [3.05, 3.63) is 29.8 Å². The lowest BCUT2D eigenvalue weighted by atomic mass is 10.2. The molecule has 0 aliphatic heterocycles. The summed E-state index contributed by atoms with van der Waals surface area (Å²) in [5.41, 5.74) is 0.989. The molecule has 1 rings (SSSR count). The number of carbonyl (C=O) groups excluding carboxylic acids is 1. The fourth-order valence-electron chi connectivity index (χ4n) is 1.33. The van der Waals surface area contributed by atoms with Crippen molar-refractivity contribution in [2.24, 2.45) is 0 Å². The van der Waals surface area contributed by atoms with Crippen LogP contribution in [0.15, 0.2) is 29.2 Å². The predicted octanol–water partition coefficient (Wildman–Crippen LogP) is 1.02. The van der Waals surface area contributed by atoms with E-state index in [1.54, 1.807) is 19.1 Å². The number of carbonyl (C=O) groups is 1. The zero-order valence-electron chi connectivity index (χ0n) is 11.0. The summed E-state index contributed by atoms with van der Waals surface area (Å²) in [6, 6.07) is 6.53. The molecule has 2 N–H and O–H groups in total. The maximum atomic E-state index is 11.9. The highest BCUT2D eigenvalue weighted by atomic mass is 32.2. The third-order valence-corrected chi connectivity index (χ3v) is 3.77. The van der Waals surface area contributed by atoms with Crippen LogP contribution in [0.1, 0.15) is 12.5 Å². The van der Waals surface area contributed by atoms with Crippen LogP contribution in [0.5, 0.6) is 0 Å². The van der Waals surface area contributed by atoms with Gasteiger partial charge in [0.2, 0.25) is 10.0 Å². The van der Waals surface area contributed by atoms with E-state index in [4.69, 9.17) is 0 Å². The Morgan fingerprint density at radius 1 is 1.21 bits per heavy atom. The molecule has 0 unspecified atom stereocenters. The first-order valence-corrected chi connectivity index (χ1v) is 7.41. The van der Waals surface area contributed by atoms with Crippen LogP contribution in [0.4, 0.5) is 4.79 Å². The molecule has 0 spiro atoms. The van der Waals surface area contributed by atoms with E-state index in [1.807, 2.05) is 6.92 Å². The first-order chi connectivity index (χ1) is 8.95. The number of rotatable bonds is 6. The second kappa shape index (κ2) is 7.10. The summed E-state index contributed by atoms with van der Waals surface area (Å²) in [5, 5.41) is 2.43. The maximum absolute atomic E-state index is 11.9. The summed E-state index contributed by atoms with van der Waals surface area (Å²) in [6.45, 7) is 4.13.